The molecule has 0 heterocycles. The third kappa shape index (κ3) is 2.47. The number of fused-ring (bicyclic) bond motifs is 1. The molecule has 2 unspecified atom stereocenters. The molecule has 0 bridgehead atoms. The van der Waals surface area contributed by atoms with Gasteiger partial charge < -0.3 is 10.6 Å². The number of rotatable bonds is 2. The fourth-order valence-corrected chi connectivity index (χ4v) is 3.81. The van der Waals surface area contributed by atoms with Crippen LogP contribution in [-0.4, -0.2) is 29.9 Å². The minimum atomic E-state index is 0.117. The molecule has 108 valence electrons. The number of nitrogens with two attached hydrogens (primary N) is 1. The lowest BCUT2D eigenvalue weighted by molar-refractivity contribution is -0.137. The van der Waals surface area contributed by atoms with Crippen molar-refractivity contribution in [2.24, 2.45) is 11.7 Å². The molecule has 1 aromatic carbocycles. The summed E-state index contributed by atoms with van der Waals surface area (Å²) in [6.45, 7) is 0. The molecule has 1 aromatic rings. The number of hydrogen-bond acceptors (Lipinski definition) is 2. The van der Waals surface area contributed by atoms with Crippen LogP contribution in [0.15, 0.2) is 24.3 Å². The van der Waals surface area contributed by atoms with Crippen molar-refractivity contribution in [3.8, 4) is 0 Å². The van der Waals surface area contributed by atoms with Crippen LogP contribution < -0.4 is 5.73 Å². The SMILES string of the molecule is CN(C(=O)C1Cc2ccccc2C1)C1CCCCC1N. The second kappa shape index (κ2) is 5.57. The van der Waals surface area contributed by atoms with Crippen molar-refractivity contribution < 1.29 is 4.79 Å². The first-order chi connectivity index (χ1) is 9.66. The first kappa shape index (κ1) is 13.6. The van der Waals surface area contributed by atoms with Gasteiger partial charge >= 0.3 is 0 Å². The monoisotopic (exact) mass is 272 g/mol. The van der Waals surface area contributed by atoms with Gasteiger partial charge in [-0.3, -0.25) is 4.79 Å². The Labute approximate surface area is 121 Å². The van der Waals surface area contributed by atoms with E-state index in [1.807, 2.05) is 11.9 Å². The number of carbonyl (C=O) groups is 1. The predicted molar refractivity (Wildman–Crippen MR) is 80.3 cm³/mol. The molecule has 1 saturated carbocycles. The average molecular weight is 272 g/mol. The zero-order valence-electron chi connectivity index (χ0n) is 12.2. The van der Waals surface area contributed by atoms with Crippen LogP contribution in [0.5, 0.6) is 0 Å². The van der Waals surface area contributed by atoms with Gasteiger partial charge in [0.25, 0.3) is 0 Å². The van der Waals surface area contributed by atoms with E-state index in [9.17, 15) is 4.79 Å². The van der Waals surface area contributed by atoms with E-state index in [1.54, 1.807) is 0 Å². The summed E-state index contributed by atoms with van der Waals surface area (Å²) in [5.74, 6) is 0.398. The molecule has 0 saturated heterocycles. The predicted octanol–water partition coefficient (Wildman–Crippen LogP) is 2.13. The standard InChI is InChI=1S/C17H24N2O/c1-19(16-9-5-4-8-15(16)18)17(20)14-10-12-6-2-3-7-13(12)11-14/h2-3,6-7,14-16H,4-5,8-11,18H2,1H3. The van der Waals surface area contributed by atoms with Crippen molar-refractivity contribution in [3.63, 3.8) is 0 Å². The Hall–Kier alpha value is -1.35. The Morgan fingerprint density at radius 1 is 1.15 bits per heavy atom. The first-order valence-electron chi connectivity index (χ1n) is 7.76. The van der Waals surface area contributed by atoms with Gasteiger partial charge in [-0.05, 0) is 36.8 Å². The number of benzene rings is 1. The highest BCUT2D eigenvalue weighted by atomic mass is 16.2. The normalized spacial score (nSPS) is 26.3. The minimum Gasteiger partial charge on any atom is -0.341 e. The van der Waals surface area contributed by atoms with Crippen LogP contribution in [0.2, 0.25) is 0 Å². The number of carbonyl (C=O) groups excluding carboxylic acids is 1. The van der Waals surface area contributed by atoms with Crippen LogP contribution in [0.25, 0.3) is 0 Å². The quantitative estimate of drug-likeness (QED) is 0.896. The molecule has 2 N–H and O–H groups in total. The molecule has 1 amide bonds. The molecule has 0 aromatic heterocycles. The van der Waals surface area contributed by atoms with Crippen molar-refractivity contribution in [1.82, 2.24) is 4.90 Å². The Morgan fingerprint density at radius 2 is 1.75 bits per heavy atom. The molecule has 2 atom stereocenters. The van der Waals surface area contributed by atoms with Gasteiger partial charge in [-0.1, -0.05) is 37.1 Å². The molecular formula is C17H24N2O. The summed E-state index contributed by atoms with van der Waals surface area (Å²) in [7, 11) is 1.95. The van der Waals surface area contributed by atoms with E-state index < -0.39 is 0 Å². The van der Waals surface area contributed by atoms with E-state index in [1.165, 1.54) is 24.0 Å². The van der Waals surface area contributed by atoms with Crippen molar-refractivity contribution in [2.45, 2.75) is 50.6 Å². The summed E-state index contributed by atoms with van der Waals surface area (Å²) in [4.78, 5) is 14.7. The van der Waals surface area contributed by atoms with E-state index in [2.05, 4.69) is 24.3 Å². The maximum Gasteiger partial charge on any atom is 0.226 e. The fourth-order valence-electron chi connectivity index (χ4n) is 3.81. The molecule has 20 heavy (non-hydrogen) atoms. The zero-order valence-corrected chi connectivity index (χ0v) is 12.2. The lowest BCUT2D eigenvalue weighted by Gasteiger charge is -2.37. The Kier molecular flexibility index (Phi) is 3.79. The lowest BCUT2D eigenvalue weighted by Crippen LogP contribution is -2.51. The number of likely N-dealkylation sites (N-methyl/N-ethyl adjacent to an activating group) is 1. The van der Waals surface area contributed by atoms with E-state index in [-0.39, 0.29) is 23.9 Å². The van der Waals surface area contributed by atoms with Gasteiger partial charge in [-0.15, -0.1) is 0 Å². The van der Waals surface area contributed by atoms with Gasteiger partial charge in [0.1, 0.15) is 0 Å². The molecule has 1 fully saturated rings. The molecule has 0 radical (unpaired) electrons. The van der Waals surface area contributed by atoms with Crippen LogP contribution in [0, 0.1) is 5.92 Å². The molecule has 0 aliphatic heterocycles. The third-order valence-corrected chi connectivity index (χ3v) is 5.03. The number of hydrogen-bond donors (Lipinski definition) is 1. The first-order valence-corrected chi connectivity index (χ1v) is 7.76. The van der Waals surface area contributed by atoms with Gasteiger partial charge in [-0.2, -0.15) is 0 Å². The van der Waals surface area contributed by atoms with E-state index >= 15 is 0 Å². The summed E-state index contributed by atoms with van der Waals surface area (Å²) in [5.41, 5.74) is 8.89. The van der Waals surface area contributed by atoms with Gasteiger partial charge in [0, 0.05) is 25.0 Å². The minimum absolute atomic E-state index is 0.117. The molecule has 3 rings (SSSR count). The van der Waals surface area contributed by atoms with Crippen molar-refractivity contribution in [2.75, 3.05) is 7.05 Å². The Bertz CT molecular complexity index is 475. The second-order valence-electron chi connectivity index (χ2n) is 6.34. The number of nitrogens with zero attached hydrogens (tertiary/aromatic N) is 1. The van der Waals surface area contributed by atoms with Crippen LogP contribution in [0.1, 0.15) is 36.8 Å². The highest BCUT2D eigenvalue weighted by Gasteiger charge is 2.34. The van der Waals surface area contributed by atoms with Crippen LogP contribution in [0.4, 0.5) is 0 Å². The van der Waals surface area contributed by atoms with Crippen molar-refractivity contribution in [1.29, 1.82) is 0 Å². The van der Waals surface area contributed by atoms with Gasteiger partial charge in [-0.25, -0.2) is 0 Å². The van der Waals surface area contributed by atoms with Crippen LogP contribution >= 0.6 is 0 Å². The van der Waals surface area contributed by atoms with Gasteiger partial charge in [0.05, 0.1) is 0 Å². The average Bonchev–Trinajstić information content (AvgIpc) is 2.90. The van der Waals surface area contributed by atoms with Crippen LogP contribution in [-0.2, 0) is 17.6 Å². The highest BCUT2D eigenvalue weighted by Crippen LogP contribution is 2.29. The Balaban J connectivity index is 1.68. The fraction of sp³-hybridized carbons (Fsp3) is 0.588. The Morgan fingerprint density at radius 3 is 2.35 bits per heavy atom. The smallest absolute Gasteiger partial charge is 0.226 e. The molecule has 3 nitrogen and oxygen atoms in total. The molecule has 2 aliphatic carbocycles. The molecule has 0 spiro atoms. The van der Waals surface area contributed by atoms with Gasteiger partial charge in [0.2, 0.25) is 5.91 Å². The summed E-state index contributed by atoms with van der Waals surface area (Å²) >= 11 is 0. The summed E-state index contributed by atoms with van der Waals surface area (Å²) in [6, 6.07) is 8.81. The third-order valence-electron chi connectivity index (χ3n) is 5.03. The van der Waals surface area contributed by atoms with Crippen LogP contribution in [0.3, 0.4) is 0 Å². The zero-order chi connectivity index (χ0) is 14.1. The van der Waals surface area contributed by atoms with Gasteiger partial charge in [0.15, 0.2) is 0 Å². The maximum absolute atomic E-state index is 12.7. The number of amides is 1. The lowest BCUT2D eigenvalue weighted by atomic mass is 9.89. The van der Waals surface area contributed by atoms with E-state index in [0.29, 0.717) is 0 Å². The largest absolute Gasteiger partial charge is 0.341 e. The highest BCUT2D eigenvalue weighted by molar-refractivity contribution is 5.80. The second-order valence-corrected chi connectivity index (χ2v) is 6.34. The molecular weight excluding hydrogens is 248 g/mol. The van der Waals surface area contributed by atoms with Crippen molar-refractivity contribution in [3.05, 3.63) is 35.4 Å². The molecule has 3 heteroatoms. The maximum atomic E-state index is 12.7. The summed E-state index contributed by atoms with van der Waals surface area (Å²) < 4.78 is 0. The van der Waals surface area contributed by atoms with E-state index in [0.717, 1.165) is 25.7 Å². The summed E-state index contributed by atoms with van der Waals surface area (Å²) in [6.07, 6.45) is 6.29. The molecule has 2 aliphatic rings. The van der Waals surface area contributed by atoms with E-state index in [4.69, 9.17) is 5.73 Å². The topological polar surface area (TPSA) is 46.3 Å². The van der Waals surface area contributed by atoms with Crippen molar-refractivity contribution >= 4 is 5.91 Å². The summed E-state index contributed by atoms with van der Waals surface area (Å²) in [5, 5.41) is 0.